The first-order chi connectivity index (χ1) is 10.2. The number of benzene rings is 1. The number of hydrogen-bond acceptors (Lipinski definition) is 4. The molecule has 3 rings (SSSR count). The quantitative estimate of drug-likeness (QED) is 0.790. The van der Waals surface area contributed by atoms with Crippen LogP contribution < -0.4 is 4.74 Å². The number of halogens is 1. The number of nitrogens with zero attached hydrogens (tertiary/aromatic N) is 2. The van der Waals surface area contributed by atoms with Crippen molar-refractivity contribution in [2.75, 3.05) is 0 Å². The summed E-state index contributed by atoms with van der Waals surface area (Å²) in [5.41, 5.74) is 1.28. The van der Waals surface area contributed by atoms with Crippen LogP contribution in [-0.4, -0.2) is 15.1 Å². The molecule has 0 radical (unpaired) electrons. The normalized spacial score (nSPS) is 12.3. The summed E-state index contributed by atoms with van der Waals surface area (Å²) in [5.74, 6) is 0.914. The molecule has 0 bridgehead atoms. The van der Waals surface area contributed by atoms with Gasteiger partial charge in [0.15, 0.2) is 5.75 Å². The van der Waals surface area contributed by atoms with Gasteiger partial charge in [-0.05, 0) is 43.3 Å². The summed E-state index contributed by atoms with van der Waals surface area (Å²) in [6.07, 6.45) is 2.63. The molecule has 0 aliphatic carbocycles. The number of rotatable bonds is 3. The molecule has 0 amide bonds. The topological polar surface area (TPSA) is 55.2 Å². The average Bonchev–Trinajstić information content (AvgIpc) is 2.51. The summed E-state index contributed by atoms with van der Waals surface area (Å²) in [6, 6.07) is 10.7. The first kappa shape index (κ1) is 13.8. The van der Waals surface area contributed by atoms with E-state index in [1.807, 2.05) is 12.1 Å². The second-order valence-corrected chi connectivity index (χ2v) is 5.03. The molecule has 21 heavy (non-hydrogen) atoms. The predicted octanol–water partition coefficient (Wildman–Crippen LogP) is 4.13. The van der Waals surface area contributed by atoms with Crippen LogP contribution in [0.15, 0.2) is 48.8 Å². The van der Waals surface area contributed by atoms with Gasteiger partial charge in [-0.1, -0.05) is 11.6 Å². The fraction of sp³-hybridized carbons (Fsp3) is 0.125. The Bertz CT molecular complexity index is 790. The second kappa shape index (κ2) is 5.68. The smallest absolute Gasteiger partial charge is 0.225 e. The van der Waals surface area contributed by atoms with Gasteiger partial charge in [-0.25, -0.2) is 4.98 Å². The lowest BCUT2D eigenvalue weighted by Gasteiger charge is -2.13. The Balaban J connectivity index is 2.09. The predicted molar refractivity (Wildman–Crippen MR) is 81.7 cm³/mol. The van der Waals surface area contributed by atoms with Crippen molar-refractivity contribution in [3.05, 3.63) is 59.4 Å². The van der Waals surface area contributed by atoms with Crippen LogP contribution in [0.3, 0.4) is 0 Å². The summed E-state index contributed by atoms with van der Waals surface area (Å²) in [6.45, 7) is 1.67. The Kier molecular flexibility index (Phi) is 3.73. The highest BCUT2D eigenvalue weighted by molar-refractivity contribution is 6.35. The monoisotopic (exact) mass is 300 g/mol. The summed E-state index contributed by atoms with van der Waals surface area (Å²) < 4.78 is 5.85. The molecule has 0 aliphatic rings. The van der Waals surface area contributed by atoms with Crippen LogP contribution in [0.2, 0.25) is 5.02 Å². The molecule has 1 N–H and O–H groups in total. The summed E-state index contributed by atoms with van der Waals surface area (Å²) in [7, 11) is 0. The number of ether oxygens (including phenoxy) is 1. The Morgan fingerprint density at radius 2 is 1.86 bits per heavy atom. The Hall–Kier alpha value is -2.17. The molecule has 2 heterocycles. The molecule has 106 valence electrons. The van der Waals surface area contributed by atoms with E-state index >= 15 is 0 Å². The van der Waals surface area contributed by atoms with Crippen molar-refractivity contribution in [2.45, 2.75) is 13.0 Å². The number of hydrogen-bond donors (Lipinski definition) is 1. The molecule has 0 spiro atoms. The van der Waals surface area contributed by atoms with E-state index in [1.165, 1.54) is 0 Å². The number of aromatic nitrogens is 2. The minimum Gasteiger partial charge on any atom is -0.436 e. The van der Waals surface area contributed by atoms with E-state index in [-0.39, 0.29) is 0 Å². The lowest BCUT2D eigenvalue weighted by molar-refractivity contribution is 0.194. The summed E-state index contributed by atoms with van der Waals surface area (Å²) in [4.78, 5) is 8.49. The fourth-order valence-electron chi connectivity index (χ4n) is 2.10. The summed E-state index contributed by atoms with van der Waals surface area (Å²) in [5, 5.41) is 11.2. The van der Waals surface area contributed by atoms with Crippen LogP contribution in [0, 0.1) is 0 Å². The highest BCUT2D eigenvalue weighted by Crippen LogP contribution is 2.34. The molecule has 0 saturated heterocycles. The molecule has 0 saturated carbocycles. The zero-order valence-electron chi connectivity index (χ0n) is 11.3. The van der Waals surface area contributed by atoms with Crippen LogP contribution in [0.1, 0.15) is 18.6 Å². The van der Waals surface area contributed by atoms with Crippen molar-refractivity contribution in [3.63, 3.8) is 0 Å². The molecule has 1 unspecified atom stereocenters. The van der Waals surface area contributed by atoms with Crippen LogP contribution >= 0.6 is 11.6 Å². The van der Waals surface area contributed by atoms with E-state index in [4.69, 9.17) is 16.3 Å². The molecule has 4 nitrogen and oxygen atoms in total. The van der Waals surface area contributed by atoms with E-state index < -0.39 is 6.10 Å². The van der Waals surface area contributed by atoms with Crippen molar-refractivity contribution < 1.29 is 9.84 Å². The molecular weight excluding hydrogens is 288 g/mol. The van der Waals surface area contributed by atoms with Crippen LogP contribution in [-0.2, 0) is 0 Å². The lowest BCUT2D eigenvalue weighted by Crippen LogP contribution is -1.98. The Morgan fingerprint density at radius 1 is 1.10 bits per heavy atom. The van der Waals surface area contributed by atoms with Gasteiger partial charge >= 0.3 is 0 Å². The molecule has 1 aromatic carbocycles. The number of aliphatic hydroxyl groups is 1. The highest BCUT2D eigenvalue weighted by Gasteiger charge is 2.13. The molecule has 5 heteroatoms. The molecule has 2 aromatic heterocycles. The van der Waals surface area contributed by atoms with Gasteiger partial charge in [-0.2, -0.15) is 0 Å². The standard InChI is InChI=1S/C16H13ClN2O2/c1-10(20)11-4-2-9-19-16(11)21-14-7-6-13(17)12-5-3-8-18-15(12)14/h2-10,20H,1H3. The highest BCUT2D eigenvalue weighted by atomic mass is 35.5. The SMILES string of the molecule is CC(O)c1cccnc1Oc1ccc(Cl)c2cccnc12. The average molecular weight is 301 g/mol. The van der Waals surface area contributed by atoms with Gasteiger partial charge in [0.2, 0.25) is 5.88 Å². The Morgan fingerprint density at radius 3 is 2.67 bits per heavy atom. The van der Waals surface area contributed by atoms with Gasteiger partial charge in [0.1, 0.15) is 5.52 Å². The van der Waals surface area contributed by atoms with Crippen LogP contribution in [0.4, 0.5) is 0 Å². The second-order valence-electron chi connectivity index (χ2n) is 4.62. The third kappa shape index (κ3) is 2.68. The largest absolute Gasteiger partial charge is 0.436 e. The molecule has 1 atom stereocenters. The zero-order chi connectivity index (χ0) is 14.8. The van der Waals surface area contributed by atoms with Crippen molar-refractivity contribution in [1.29, 1.82) is 0 Å². The maximum absolute atomic E-state index is 9.78. The lowest BCUT2D eigenvalue weighted by atomic mass is 10.2. The van der Waals surface area contributed by atoms with Crippen molar-refractivity contribution >= 4 is 22.5 Å². The molecule has 0 fully saturated rings. The molecule has 3 aromatic rings. The fourth-order valence-corrected chi connectivity index (χ4v) is 2.32. The minimum atomic E-state index is -0.666. The third-order valence-electron chi connectivity index (χ3n) is 3.14. The van der Waals surface area contributed by atoms with Gasteiger partial charge in [0.05, 0.1) is 11.1 Å². The maximum Gasteiger partial charge on any atom is 0.225 e. The van der Waals surface area contributed by atoms with E-state index in [2.05, 4.69) is 9.97 Å². The van der Waals surface area contributed by atoms with Crippen LogP contribution in [0.5, 0.6) is 11.6 Å². The molecule has 0 aliphatic heterocycles. The first-order valence-corrected chi connectivity index (χ1v) is 6.88. The van der Waals surface area contributed by atoms with Crippen molar-refractivity contribution in [3.8, 4) is 11.6 Å². The third-order valence-corrected chi connectivity index (χ3v) is 3.47. The number of fused-ring (bicyclic) bond motifs is 1. The summed E-state index contributed by atoms with van der Waals surface area (Å²) >= 11 is 6.16. The van der Waals surface area contributed by atoms with E-state index in [0.717, 1.165) is 5.39 Å². The maximum atomic E-state index is 9.78. The van der Waals surface area contributed by atoms with Gasteiger partial charge in [-0.15, -0.1) is 0 Å². The number of aliphatic hydroxyl groups excluding tert-OH is 1. The zero-order valence-corrected chi connectivity index (χ0v) is 12.1. The van der Waals surface area contributed by atoms with E-state index in [1.54, 1.807) is 43.6 Å². The van der Waals surface area contributed by atoms with Gasteiger partial charge in [0.25, 0.3) is 0 Å². The Labute approximate surface area is 127 Å². The first-order valence-electron chi connectivity index (χ1n) is 6.51. The van der Waals surface area contributed by atoms with E-state index in [0.29, 0.717) is 27.7 Å². The van der Waals surface area contributed by atoms with Gasteiger partial charge in [0, 0.05) is 23.3 Å². The minimum absolute atomic E-state index is 0.363. The molecular formula is C16H13ClN2O2. The van der Waals surface area contributed by atoms with Crippen molar-refractivity contribution in [2.24, 2.45) is 0 Å². The van der Waals surface area contributed by atoms with Crippen LogP contribution in [0.25, 0.3) is 10.9 Å². The van der Waals surface area contributed by atoms with Gasteiger partial charge in [-0.3, -0.25) is 4.98 Å². The number of pyridine rings is 2. The van der Waals surface area contributed by atoms with E-state index in [9.17, 15) is 5.11 Å². The van der Waals surface area contributed by atoms with Gasteiger partial charge < -0.3 is 9.84 Å². The van der Waals surface area contributed by atoms with Crippen molar-refractivity contribution in [1.82, 2.24) is 9.97 Å².